The number of anilines is 1. The molecule has 0 spiro atoms. The SMILES string of the molecule is C/C(=C/N)c1cc(C(F)(F)F)ccc1N.CC.CC. The van der Waals surface area contributed by atoms with Crippen LogP contribution in [0.4, 0.5) is 18.9 Å². The molecule has 0 aliphatic rings. The molecule has 4 N–H and O–H groups in total. The Kier molecular flexibility index (Phi) is 9.64. The van der Waals surface area contributed by atoms with E-state index in [9.17, 15) is 13.2 Å². The van der Waals surface area contributed by atoms with Gasteiger partial charge in [-0.1, -0.05) is 27.7 Å². The summed E-state index contributed by atoms with van der Waals surface area (Å²) in [4.78, 5) is 0. The number of benzene rings is 1. The Hall–Kier alpha value is -1.65. The first-order valence-electron chi connectivity index (χ1n) is 6.22. The van der Waals surface area contributed by atoms with Crippen LogP contribution in [0.5, 0.6) is 0 Å². The van der Waals surface area contributed by atoms with E-state index in [1.54, 1.807) is 6.92 Å². The van der Waals surface area contributed by atoms with Crippen LogP contribution in [0.2, 0.25) is 0 Å². The minimum Gasteiger partial charge on any atom is -0.404 e. The van der Waals surface area contributed by atoms with Gasteiger partial charge in [-0.15, -0.1) is 0 Å². The van der Waals surface area contributed by atoms with Crippen molar-refractivity contribution in [2.24, 2.45) is 5.73 Å². The molecule has 0 saturated heterocycles. The van der Waals surface area contributed by atoms with Gasteiger partial charge in [0.1, 0.15) is 0 Å². The van der Waals surface area contributed by atoms with Crippen LogP contribution in [0, 0.1) is 0 Å². The molecule has 0 aliphatic heterocycles. The molecule has 5 heteroatoms. The molecule has 2 nitrogen and oxygen atoms in total. The van der Waals surface area contributed by atoms with Crippen molar-refractivity contribution in [2.45, 2.75) is 40.8 Å². The molecule has 1 aromatic rings. The summed E-state index contributed by atoms with van der Waals surface area (Å²) in [5.41, 5.74) is 11.2. The zero-order valence-corrected chi connectivity index (χ0v) is 12.1. The van der Waals surface area contributed by atoms with Gasteiger partial charge in [0.15, 0.2) is 0 Å². The summed E-state index contributed by atoms with van der Waals surface area (Å²) in [6, 6.07) is 3.17. The molecule has 0 radical (unpaired) electrons. The minimum absolute atomic E-state index is 0.280. The summed E-state index contributed by atoms with van der Waals surface area (Å²) in [5.74, 6) is 0. The third-order valence-corrected chi connectivity index (χ3v) is 2.06. The molecular formula is C14H23F3N2. The molecule has 0 heterocycles. The lowest BCUT2D eigenvalue weighted by molar-refractivity contribution is -0.137. The highest BCUT2D eigenvalue weighted by atomic mass is 19.4. The first-order chi connectivity index (χ1) is 8.86. The molecule has 0 bridgehead atoms. The number of nitrogens with two attached hydrogens (primary N) is 2. The molecule has 0 unspecified atom stereocenters. The summed E-state index contributed by atoms with van der Waals surface area (Å²) in [6.45, 7) is 9.60. The molecule has 0 aliphatic carbocycles. The van der Waals surface area contributed by atoms with Gasteiger partial charge in [-0.05, 0) is 36.9 Å². The van der Waals surface area contributed by atoms with Crippen molar-refractivity contribution >= 4 is 11.3 Å². The maximum Gasteiger partial charge on any atom is 0.416 e. The predicted molar refractivity (Wildman–Crippen MR) is 76.4 cm³/mol. The number of allylic oxidation sites excluding steroid dienone is 1. The van der Waals surface area contributed by atoms with E-state index >= 15 is 0 Å². The number of alkyl halides is 3. The number of halogens is 3. The topological polar surface area (TPSA) is 52.0 Å². The molecule has 1 rings (SSSR count). The summed E-state index contributed by atoms with van der Waals surface area (Å²) in [5, 5.41) is 0. The quantitative estimate of drug-likeness (QED) is 0.733. The van der Waals surface area contributed by atoms with E-state index in [4.69, 9.17) is 11.5 Å². The summed E-state index contributed by atoms with van der Waals surface area (Å²) in [6.07, 6.45) is -3.14. The summed E-state index contributed by atoms with van der Waals surface area (Å²) < 4.78 is 37.1. The molecule has 0 saturated carbocycles. The Morgan fingerprint density at radius 2 is 1.58 bits per heavy atom. The van der Waals surface area contributed by atoms with E-state index in [0.717, 1.165) is 12.1 Å². The molecule has 0 amide bonds. The van der Waals surface area contributed by atoms with E-state index in [2.05, 4.69) is 0 Å². The van der Waals surface area contributed by atoms with Gasteiger partial charge in [-0.3, -0.25) is 0 Å². The third kappa shape index (κ3) is 6.18. The minimum atomic E-state index is -4.36. The average molecular weight is 276 g/mol. The van der Waals surface area contributed by atoms with Crippen molar-refractivity contribution in [1.29, 1.82) is 0 Å². The van der Waals surface area contributed by atoms with Crippen molar-refractivity contribution in [1.82, 2.24) is 0 Å². The maximum atomic E-state index is 12.4. The van der Waals surface area contributed by atoms with Gasteiger partial charge in [-0.25, -0.2) is 0 Å². The van der Waals surface area contributed by atoms with Crippen LogP contribution in [0.25, 0.3) is 5.57 Å². The van der Waals surface area contributed by atoms with Gasteiger partial charge in [0.05, 0.1) is 5.56 Å². The van der Waals surface area contributed by atoms with Crippen molar-refractivity contribution in [3.8, 4) is 0 Å². The fourth-order valence-corrected chi connectivity index (χ4v) is 1.16. The van der Waals surface area contributed by atoms with E-state index in [-0.39, 0.29) is 5.69 Å². The predicted octanol–water partition coefficient (Wildman–Crippen LogP) is 4.66. The van der Waals surface area contributed by atoms with E-state index < -0.39 is 11.7 Å². The Labute approximate surface area is 113 Å². The molecule has 0 atom stereocenters. The van der Waals surface area contributed by atoms with Crippen molar-refractivity contribution < 1.29 is 13.2 Å². The second-order valence-corrected chi connectivity index (χ2v) is 3.15. The highest BCUT2D eigenvalue weighted by Crippen LogP contribution is 2.32. The Balaban J connectivity index is 0. The van der Waals surface area contributed by atoms with Crippen LogP contribution in [-0.4, -0.2) is 0 Å². The van der Waals surface area contributed by atoms with Gasteiger partial charge in [0, 0.05) is 11.3 Å². The second kappa shape index (κ2) is 9.30. The van der Waals surface area contributed by atoms with Crippen LogP contribution >= 0.6 is 0 Å². The van der Waals surface area contributed by atoms with Crippen molar-refractivity contribution in [3.63, 3.8) is 0 Å². The smallest absolute Gasteiger partial charge is 0.404 e. The molecule has 0 fully saturated rings. The van der Waals surface area contributed by atoms with Crippen LogP contribution in [-0.2, 0) is 6.18 Å². The van der Waals surface area contributed by atoms with Gasteiger partial charge in [-0.2, -0.15) is 13.2 Å². The van der Waals surface area contributed by atoms with Gasteiger partial charge in [0.2, 0.25) is 0 Å². The zero-order chi connectivity index (χ0) is 15.6. The number of nitrogen functional groups attached to an aromatic ring is 1. The molecule has 19 heavy (non-hydrogen) atoms. The van der Waals surface area contributed by atoms with Gasteiger partial charge >= 0.3 is 6.18 Å². The van der Waals surface area contributed by atoms with Crippen LogP contribution < -0.4 is 11.5 Å². The Morgan fingerprint density at radius 3 is 1.95 bits per heavy atom. The van der Waals surface area contributed by atoms with Crippen LogP contribution in [0.15, 0.2) is 24.4 Å². The fraction of sp³-hybridized carbons (Fsp3) is 0.429. The van der Waals surface area contributed by atoms with Gasteiger partial charge < -0.3 is 11.5 Å². The lowest BCUT2D eigenvalue weighted by Crippen LogP contribution is -2.06. The highest BCUT2D eigenvalue weighted by Gasteiger charge is 2.30. The monoisotopic (exact) mass is 276 g/mol. The molecular weight excluding hydrogens is 253 g/mol. The standard InChI is InChI=1S/C10H11F3N2.2C2H6/c1-6(5-14)8-4-7(10(11,12)13)2-3-9(8)15;2*1-2/h2-5H,14-15H2,1H3;2*1-2H3/b6-5-;;. The number of hydrogen-bond acceptors (Lipinski definition) is 2. The largest absolute Gasteiger partial charge is 0.416 e. The highest BCUT2D eigenvalue weighted by molar-refractivity contribution is 5.74. The van der Waals surface area contributed by atoms with Gasteiger partial charge in [0.25, 0.3) is 0 Å². The number of hydrogen-bond donors (Lipinski definition) is 2. The molecule has 0 aromatic heterocycles. The van der Waals surface area contributed by atoms with Crippen molar-refractivity contribution in [2.75, 3.05) is 5.73 Å². The average Bonchev–Trinajstić information content (AvgIpc) is 2.41. The third-order valence-electron chi connectivity index (χ3n) is 2.06. The Morgan fingerprint density at radius 1 is 1.11 bits per heavy atom. The second-order valence-electron chi connectivity index (χ2n) is 3.15. The van der Waals surface area contributed by atoms with E-state index in [1.807, 2.05) is 27.7 Å². The van der Waals surface area contributed by atoms with E-state index in [1.165, 1.54) is 12.3 Å². The first-order valence-corrected chi connectivity index (χ1v) is 6.22. The number of rotatable bonds is 1. The summed E-state index contributed by atoms with van der Waals surface area (Å²) >= 11 is 0. The van der Waals surface area contributed by atoms with Crippen LogP contribution in [0.1, 0.15) is 45.7 Å². The molecule has 1 aromatic carbocycles. The Bertz CT molecular complexity index is 396. The maximum absolute atomic E-state index is 12.4. The molecule has 110 valence electrons. The van der Waals surface area contributed by atoms with E-state index in [0.29, 0.717) is 11.1 Å². The lowest BCUT2D eigenvalue weighted by atomic mass is 10.0. The summed E-state index contributed by atoms with van der Waals surface area (Å²) in [7, 11) is 0. The first kappa shape index (κ1) is 19.7. The van der Waals surface area contributed by atoms with Crippen molar-refractivity contribution in [3.05, 3.63) is 35.5 Å². The zero-order valence-electron chi connectivity index (χ0n) is 12.1. The normalized spacial score (nSPS) is 10.8. The fourth-order valence-electron chi connectivity index (χ4n) is 1.16. The van der Waals surface area contributed by atoms with Crippen LogP contribution in [0.3, 0.4) is 0 Å². The lowest BCUT2D eigenvalue weighted by Gasteiger charge is -2.11.